The number of rotatable bonds is 16. The van der Waals surface area contributed by atoms with Crippen molar-refractivity contribution in [2.45, 2.75) is 97.8 Å². The van der Waals surface area contributed by atoms with Crippen molar-refractivity contribution in [3.05, 3.63) is 0 Å². The molecule has 0 radical (unpaired) electrons. The van der Waals surface area contributed by atoms with Crippen LogP contribution in [0.4, 0.5) is 0 Å². The Kier molecular flexibility index (Phi) is 23.1. The van der Waals surface area contributed by atoms with Crippen molar-refractivity contribution < 1.29 is 18.9 Å². The van der Waals surface area contributed by atoms with Crippen LogP contribution in [0.15, 0.2) is 0 Å². The summed E-state index contributed by atoms with van der Waals surface area (Å²) in [5.41, 5.74) is 0. The highest BCUT2D eigenvalue weighted by Crippen LogP contribution is 2.34. The zero-order valence-electron chi connectivity index (χ0n) is 16.3. The van der Waals surface area contributed by atoms with Crippen LogP contribution >= 0.6 is 7.82 Å². The largest absolute Gasteiger partial charge is 0.469 e. The van der Waals surface area contributed by atoms with Crippen LogP contribution < -0.4 is 5.32 Å². The lowest BCUT2D eigenvalue weighted by Crippen LogP contribution is -2.16. The lowest BCUT2D eigenvalue weighted by atomic mass is 10.1. The first-order valence-corrected chi connectivity index (χ1v) is 11.4. The molecule has 0 amide bonds. The molecule has 0 atom stereocenters. The van der Waals surface area contributed by atoms with Crippen molar-refractivity contribution in [2.75, 3.05) is 19.7 Å². The molecule has 5 nitrogen and oxygen atoms in total. The highest BCUT2D eigenvalue weighted by atomic mass is 31.2. The second-order valence-electron chi connectivity index (χ2n) is 6.19. The van der Waals surface area contributed by atoms with E-state index in [1.165, 1.54) is 97.1 Å². The average Bonchev–Trinajstić information content (AvgIpc) is 2.51. The molecule has 0 fully saturated rings. The average molecular weight is 368 g/mol. The Morgan fingerprint density at radius 3 is 1.38 bits per heavy atom. The molecule has 0 aliphatic carbocycles. The van der Waals surface area contributed by atoms with E-state index in [-0.39, 0.29) is 6.61 Å². The molecule has 148 valence electrons. The van der Waals surface area contributed by atoms with Crippen molar-refractivity contribution in [1.82, 2.24) is 5.32 Å². The molecule has 24 heavy (non-hydrogen) atoms. The minimum Gasteiger partial charge on any atom is -0.317 e. The Bertz CT molecular complexity index is 258. The molecule has 0 bridgehead atoms. The third-order valence-corrected chi connectivity index (χ3v) is 4.31. The molecule has 0 unspecified atom stereocenters. The Hall–Kier alpha value is 0.0700. The molecular formula is C18H42NO4P. The summed E-state index contributed by atoms with van der Waals surface area (Å²) in [5.74, 6) is 0. The Labute approximate surface area is 150 Å². The van der Waals surface area contributed by atoms with Crippen molar-refractivity contribution in [2.24, 2.45) is 0 Å². The van der Waals surface area contributed by atoms with Gasteiger partial charge in [0.25, 0.3) is 0 Å². The number of unbranched alkanes of at least 4 members (excludes halogenated alkanes) is 10. The summed E-state index contributed by atoms with van der Waals surface area (Å²) in [7, 11) is -4.17. The van der Waals surface area contributed by atoms with Crippen LogP contribution in [0.1, 0.15) is 97.8 Å². The van der Waals surface area contributed by atoms with E-state index >= 15 is 0 Å². The van der Waals surface area contributed by atoms with Gasteiger partial charge in [-0.1, -0.05) is 78.1 Å². The van der Waals surface area contributed by atoms with Gasteiger partial charge < -0.3 is 15.1 Å². The normalized spacial score (nSPS) is 11.2. The summed E-state index contributed by atoms with van der Waals surface area (Å²) < 4.78 is 13.6. The molecule has 0 aromatic heterocycles. The molecule has 0 aromatic rings. The Balaban J connectivity index is 0. The van der Waals surface area contributed by atoms with Crippen molar-refractivity contribution in [3.8, 4) is 0 Å². The molecule has 0 rings (SSSR count). The van der Waals surface area contributed by atoms with E-state index in [1.807, 2.05) is 0 Å². The van der Waals surface area contributed by atoms with Gasteiger partial charge in [0.2, 0.25) is 0 Å². The molecule has 0 aliphatic rings. The monoisotopic (exact) mass is 367 g/mol. The number of phosphoric acid groups is 1. The first-order chi connectivity index (χ1) is 11.5. The van der Waals surface area contributed by atoms with Crippen LogP contribution in [-0.4, -0.2) is 29.5 Å². The summed E-state index contributed by atoms with van der Waals surface area (Å²) in [5, 5.41) is 3.57. The van der Waals surface area contributed by atoms with E-state index in [4.69, 9.17) is 9.79 Å². The smallest absolute Gasteiger partial charge is 0.317 e. The molecule has 6 heteroatoms. The van der Waals surface area contributed by atoms with E-state index in [0.717, 1.165) is 0 Å². The van der Waals surface area contributed by atoms with Gasteiger partial charge in [-0.15, -0.1) is 0 Å². The van der Waals surface area contributed by atoms with Gasteiger partial charge in [-0.25, -0.2) is 4.57 Å². The fourth-order valence-corrected chi connectivity index (χ4v) is 2.69. The third-order valence-electron chi connectivity index (χ3n) is 3.71. The highest BCUT2D eigenvalue weighted by Gasteiger charge is 2.10. The first-order valence-electron chi connectivity index (χ1n) is 9.88. The van der Waals surface area contributed by atoms with Crippen molar-refractivity contribution >= 4 is 7.82 Å². The summed E-state index contributed by atoms with van der Waals surface area (Å²) in [6, 6.07) is 0. The molecule has 3 N–H and O–H groups in total. The third kappa shape index (κ3) is 30.0. The minimum absolute atomic E-state index is 0.0459. The highest BCUT2D eigenvalue weighted by molar-refractivity contribution is 7.46. The maximum atomic E-state index is 9.70. The standard InChI is InChI=1S/C16H35N.C2H7O4P/c1-3-5-7-9-11-13-15-17-16-14-12-10-8-6-4-2;1-2-6-7(3,4)5/h17H,3-16H2,1-2H3;2H2,1H3,(H2,3,4,5). The number of nitrogens with one attached hydrogen (secondary N) is 1. The van der Waals surface area contributed by atoms with Gasteiger partial charge in [-0.3, -0.25) is 4.52 Å². The topological polar surface area (TPSA) is 78.8 Å². The first kappa shape index (κ1) is 26.3. The van der Waals surface area contributed by atoms with Crippen LogP contribution in [0.3, 0.4) is 0 Å². The Morgan fingerprint density at radius 2 is 1.08 bits per heavy atom. The van der Waals surface area contributed by atoms with Crippen LogP contribution in [-0.2, 0) is 9.09 Å². The van der Waals surface area contributed by atoms with Gasteiger partial charge in [0.1, 0.15) is 0 Å². The number of hydrogen-bond donors (Lipinski definition) is 3. The van der Waals surface area contributed by atoms with E-state index < -0.39 is 7.82 Å². The quantitative estimate of drug-likeness (QED) is 0.251. The zero-order chi connectivity index (χ0) is 18.5. The van der Waals surface area contributed by atoms with Gasteiger partial charge in [-0.05, 0) is 32.9 Å². The van der Waals surface area contributed by atoms with Gasteiger partial charge >= 0.3 is 7.82 Å². The molecular weight excluding hydrogens is 325 g/mol. The number of hydrogen-bond acceptors (Lipinski definition) is 3. The van der Waals surface area contributed by atoms with Crippen LogP contribution in [0.2, 0.25) is 0 Å². The molecule has 0 aromatic carbocycles. The fourth-order valence-electron chi connectivity index (χ4n) is 2.35. The van der Waals surface area contributed by atoms with Crippen molar-refractivity contribution in [1.29, 1.82) is 0 Å². The lowest BCUT2D eigenvalue weighted by Gasteiger charge is -2.04. The second kappa shape index (κ2) is 21.1. The summed E-state index contributed by atoms with van der Waals surface area (Å²) in [6.07, 6.45) is 16.9. The molecule has 0 saturated carbocycles. The minimum atomic E-state index is -4.17. The van der Waals surface area contributed by atoms with Crippen LogP contribution in [0.25, 0.3) is 0 Å². The van der Waals surface area contributed by atoms with Crippen molar-refractivity contribution in [3.63, 3.8) is 0 Å². The summed E-state index contributed by atoms with van der Waals surface area (Å²) >= 11 is 0. The van der Waals surface area contributed by atoms with Crippen LogP contribution in [0, 0.1) is 0 Å². The summed E-state index contributed by atoms with van der Waals surface area (Å²) in [4.78, 5) is 15.8. The van der Waals surface area contributed by atoms with Gasteiger partial charge in [-0.2, -0.15) is 0 Å². The van der Waals surface area contributed by atoms with E-state index in [9.17, 15) is 4.57 Å². The zero-order valence-corrected chi connectivity index (χ0v) is 17.2. The van der Waals surface area contributed by atoms with Gasteiger partial charge in [0, 0.05) is 0 Å². The maximum absolute atomic E-state index is 9.70. The fraction of sp³-hybridized carbons (Fsp3) is 1.00. The lowest BCUT2D eigenvalue weighted by molar-refractivity contribution is 0.206. The predicted molar refractivity (Wildman–Crippen MR) is 103 cm³/mol. The number of phosphoric ester groups is 1. The maximum Gasteiger partial charge on any atom is 0.469 e. The molecule has 0 aliphatic heterocycles. The van der Waals surface area contributed by atoms with E-state index in [1.54, 1.807) is 0 Å². The van der Waals surface area contributed by atoms with Crippen LogP contribution in [0.5, 0.6) is 0 Å². The van der Waals surface area contributed by atoms with Gasteiger partial charge in [0.15, 0.2) is 0 Å². The summed E-state index contributed by atoms with van der Waals surface area (Å²) in [6.45, 7) is 8.59. The molecule has 0 heterocycles. The SMILES string of the molecule is CCCCCCCCNCCCCCCCC.CCOP(=O)(O)O. The van der Waals surface area contributed by atoms with E-state index in [0.29, 0.717) is 0 Å². The predicted octanol–water partition coefficient (Wildman–Crippen LogP) is 5.41. The molecule has 0 saturated heterocycles. The second-order valence-corrected chi connectivity index (χ2v) is 7.43. The van der Waals surface area contributed by atoms with E-state index in [2.05, 4.69) is 23.7 Å². The van der Waals surface area contributed by atoms with Gasteiger partial charge in [0.05, 0.1) is 6.61 Å². The Morgan fingerprint density at radius 1 is 0.708 bits per heavy atom. The molecule has 0 spiro atoms.